The molecule has 0 fully saturated rings. The summed E-state index contributed by atoms with van der Waals surface area (Å²) in [5.41, 5.74) is 4.67. The number of nitriles is 2. The number of aromatic nitrogens is 2. The van der Waals surface area contributed by atoms with E-state index in [4.69, 9.17) is 21.6 Å². The smallest absolute Gasteiger partial charge is 0.341 e. The van der Waals surface area contributed by atoms with Gasteiger partial charge >= 0.3 is 5.97 Å². The normalized spacial score (nSPS) is 10.3. The Labute approximate surface area is 192 Å². The van der Waals surface area contributed by atoms with Gasteiger partial charge in [-0.1, -0.05) is 23.7 Å². The summed E-state index contributed by atoms with van der Waals surface area (Å²) >= 11 is 8.21. The minimum absolute atomic E-state index is 0.0899. The van der Waals surface area contributed by atoms with Crippen molar-refractivity contribution in [1.82, 2.24) is 9.55 Å². The number of esters is 1. The molecule has 0 spiro atoms. The maximum Gasteiger partial charge on any atom is 0.341 e. The van der Waals surface area contributed by atoms with Crippen LogP contribution in [0.3, 0.4) is 0 Å². The highest BCUT2D eigenvalue weighted by atomic mass is 127. The number of halogens is 2. The van der Waals surface area contributed by atoms with E-state index in [1.165, 1.54) is 0 Å². The zero-order valence-electron chi connectivity index (χ0n) is 16.2. The van der Waals surface area contributed by atoms with E-state index in [0.717, 1.165) is 26.1 Å². The Morgan fingerprint density at radius 3 is 2.57 bits per heavy atom. The molecule has 30 heavy (non-hydrogen) atoms. The molecule has 1 aromatic carbocycles. The third-order valence-corrected chi connectivity index (χ3v) is 6.03. The van der Waals surface area contributed by atoms with Crippen molar-refractivity contribution in [3.8, 4) is 23.3 Å². The van der Waals surface area contributed by atoms with Gasteiger partial charge in [0.2, 0.25) is 0 Å². The number of carbonyl (C=O) groups excluding carboxylic acids is 1. The molecular formula is C22H16ClIN4O2. The summed E-state index contributed by atoms with van der Waals surface area (Å²) in [6, 6.07) is 13.2. The van der Waals surface area contributed by atoms with Gasteiger partial charge in [-0.25, -0.2) is 9.78 Å². The van der Waals surface area contributed by atoms with Crippen molar-refractivity contribution in [2.24, 2.45) is 0 Å². The van der Waals surface area contributed by atoms with Gasteiger partial charge in [0, 0.05) is 24.0 Å². The van der Waals surface area contributed by atoms with Crippen molar-refractivity contribution in [3.05, 3.63) is 73.3 Å². The van der Waals surface area contributed by atoms with E-state index in [1.807, 2.05) is 23.6 Å². The average Bonchev–Trinajstić information content (AvgIpc) is 2.99. The highest BCUT2D eigenvalue weighted by Crippen LogP contribution is 2.34. The number of benzene rings is 1. The number of hydrogen-bond donors (Lipinski definition) is 0. The van der Waals surface area contributed by atoms with Gasteiger partial charge in [0.05, 0.1) is 33.1 Å². The number of pyridine rings is 1. The van der Waals surface area contributed by atoms with Crippen molar-refractivity contribution < 1.29 is 9.53 Å². The quantitative estimate of drug-likeness (QED) is 0.260. The van der Waals surface area contributed by atoms with Gasteiger partial charge in [-0.15, -0.1) is 0 Å². The molecular weight excluding hydrogens is 515 g/mol. The van der Waals surface area contributed by atoms with Crippen molar-refractivity contribution in [1.29, 1.82) is 10.5 Å². The molecule has 0 bridgehead atoms. The van der Waals surface area contributed by atoms with Gasteiger partial charge < -0.3 is 9.30 Å². The van der Waals surface area contributed by atoms with E-state index in [0.29, 0.717) is 17.7 Å². The Kier molecular flexibility index (Phi) is 6.76. The predicted octanol–water partition coefficient (Wildman–Crippen LogP) is 5.08. The third-order valence-electron chi connectivity index (χ3n) is 4.61. The average molecular weight is 531 g/mol. The maximum atomic E-state index is 12.1. The molecule has 0 saturated heterocycles. The Morgan fingerprint density at radius 2 is 1.97 bits per heavy atom. The standard InChI is InChI=1S/C22H16ClIN4O2/c1-3-30-22(29)17-8-15(11-27-20(17)23)12-28-13(2)19(18(10-26)21(28)24)16-6-4-14(9-25)5-7-16/h4-8,11H,3,12H2,1-2H3. The van der Waals surface area contributed by atoms with Crippen LogP contribution >= 0.6 is 34.2 Å². The van der Waals surface area contributed by atoms with E-state index < -0.39 is 5.97 Å². The zero-order valence-corrected chi connectivity index (χ0v) is 19.2. The lowest BCUT2D eigenvalue weighted by atomic mass is 10.0. The van der Waals surface area contributed by atoms with Gasteiger partial charge in [-0.3, -0.25) is 0 Å². The highest BCUT2D eigenvalue weighted by molar-refractivity contribution is 14.1. The summed E-state index contributed by atoms with van der Waals surface area (Å²) in [6.45, 7) is 4.31. The second-order valence-corrected chi connectivity index (χ2v) is 7.80. The van der Waals surface area contributed by atoms with Crippen LogP contribution in [0.1, 0.15) is 39.7 Å². The van der Waals surface area contributed by atoms with Crippen LogP contribution in [-0.2, 0) is 11.3 Å². The first-order valence-electron chi connectivity index (χ1n) is 9.02. The van der Waals surface area contributed by atoms with Crippen molar-refractivity contribution in [2.45, 2.75) is 20.4 Å². The summed E-state index contributed by atoms with van der Waals surface area (Å²) in [6.07, 6.45) is 1.61. The lowest BCUT2D eigenvalue weighted by molar-refractivity contribution is 0.0526. The third kappa shape index (κ3) is 4.18. The van der Waals surface area contributed by atoms with E-state index in [2.05, 4.69) is 39.7 Å². The number of nitrogens with zero attached hydrogens (tertiary/aromatic N) is 4. The molecule has 0 unspecified atom stereocenters. The monoisotopic (exact) mass is 530 g/mol. The van der Waals surface area contributed by atoms with Crippen LogP contribution in [0.4, 0.5) is 0 Å². The first kappa shape index (κ1) is 21.8. The molecule has 0 aliphatic rings. The lowest BCUT2D eigenvalue weighted by Gasteiger charge is -2.11. The van der Waals surface area contributed by atoms with E-state index in [1.54, 1.807) is 31.3 Å². The molecule has 6 nitrogen and oxygen atoms in total. The van der Waals surface area contributed by atoms with Gasteiger partial charge in [0.15, 0.2) is 0 Å². The van der Waals surface area contributed by atoms with Crippen LogP contribution in [0, 0.1) is 33.3 Å². The topological polar surface area (TPSA) is 91.7 Å². The van der Waals surface area contributed by atoms with Crippen LogP contribution in [0.25, 0.3) is 11.1 Å². The largest absolute Gasteiger partial charge is 0.462 e. The lowest BCUT2D eigenvalue weighted by Crippen LogP contribution is -2.09. The summed E-state index contributed by atoms with van der Waals surface area (Å²) in [7, 11) is 0. The molecule has 3 aromatic rings. The molecule has 0 saturated carbocycles. The predicted molar refractivity (Wildman–Crippen MR) is 121 cm³/mol. The van der Waals surface area contributed by atoms with E-state index >= 15 is 0 Å². The van der Waals surface area contributed by atoms with Gasteiger partial charge in [-0.2, -0.15) is 10.5 Å². The van der Waals surface area contributed by atoms with Crippen LogP contribution < -0.4 is 0 Å². The Morgan fingerprint density at radius 1 is 1.27 bits per heavy atom. The summed E-state index contributed by atoms with van der Waals surface area (Å²) < 4.78 is 7.81. The van der Waals surface area contributed by atoms with Crippen molar-refractivity contribution in [3.63, 3.8) is 0 Å². The molecule has 2 heterocycles. The second-order valence-electron chi connectivity index (χ2n) is 6.42. The van der Waals surface area contributed by atoms with Gasteiger partial charge in [0.1, 0.15) is 11.2 Å². The van der Waals surface area contributed by atoms with Crippen molar-refractivity contribution in [2.75, 3.05) is 6.61 Å². The first-order valence-corrected chi connectivity index (χ1v) is 10.5. The Bertz CT molecular complexity index is 1200. The number of rotatable bonds is 5. The van der Waals surface area contributed by atoms with E-state index in [9.17, 15) is 10.1 Å². The molecule has 2 aromatic heterocycles. The van der Waals surface area contributed by atoms with Crippen molar-refractivity contribution >= 4 is 40.2 Å². The molecule has 0 aliphatic heterocycles. The SMILES string of the molecule is CCOC(=O)c1cc(Cn2c(C)c(-c3ccc(C#N)cc3)c(C#N)c2I)cnc1Cl. The molecule has 150 valence electrons. The second kappa shape index (κ2) is 9.29. The zero-order chi connectivity index (χ0) is 21.8. The Balaban J connectivity index is 2.05. The fourth-order valence-electron chi connectivity index (χ4n) is 3.17. The summed E-state index contributed by atoms with van der Waals surface area (Å²) in [5, 5.41) is 18.9. The van der Waals surface area contributed by atoms with Gasteiger partial charge in [-0.05, 0) is 65.8 Å². The highest BCUT2D eigenvalue weighted by Gasteiger charge is 2.21. The van der Waals surface area contributed by atoms with Crippen LogP contribution in [-0.4, -0.2) is 22.1 Å². The van der Waals surface area contributed by atoms with E-state index in [-0.39, 0.29) is 17.3 Å². The molecule has 0 atom stereocenters. The fraction of sp³-hybridized carbons (Fsp3) is 0.182. The van der Waals surface area contributed by atoms with Crippen LogP contribution in [0.15, 0.2) is 36.5 Å². The van der Waals surface area contributed by atoms with Crippen LogP contribution in [0.2, 0.25) is 5.15 Å². The molecule has 0 radical (unpaired) electrons. The molecule has 3 rings (SSSR count). The minimum atomic E-state index is -0.522. The Hall–Kier alpha value is -2.88. The first-order chi connectivity index (χ1) is 14.4. The molecule has 8 heteroatoms. The molecule has 0 amide bonds. The summed E-state index contributed by atoms with van der Waals surface area (Å²) in [5.74, 6) is -0.522. The molecule has 0 aliphatic carbocycles. The molecule has 0 N–H and O–H groups in total. The van der Waals surface area contributed by atoms with Gasteiger partial charge in [0.25, 0.3) is 0 Å². The fourth-order valence-corrected chi connectivity index (χ4v) is 4.27. The van der Waals surface area contributed by atoms with Crippen LogP contribution in [0.5, 0.6) is 0 Å². The number of carbonyl (C=O) groups is 1. The minimum Gasteiger partial charge on any atom is -0.462 e. The number of ether oxygens (including phenoxy) is 1. The summed E-state index contributed by atoms with van der Waals surface area (Å²) in [4.78, 5) is 16.2. The maximum absolute atomic E-state index is 12.1. The number of hydrogen-bond acceptors (Lipinski definition) is 5.